The van der Waals surface area contributed by atoms with Crippen LogP contribution in [0.15, 0.2) is 36.7 Å². The van der Waals surface area contributed by atoms with Crippen molar-refractivity contribution in [3.63, 3.8) is 0 Å². The number of amides is 1. The average molecular weight is 330 g/mol. The van der Waals surface area contributed by atoms with Gasteiger partial charge in [0.15, 0.2) is 6.23 Å². The van der Waals surface area contributed by atoms with Gasteiger partial charge in [0.2, 0.25) is 5.82 Å². The van der Waals surface area contributed by atoms with Crippen LogP contribution < -0.4 is 5.73 Å². The smallest absolute Gasteiger partial charge is 0.338 e. The molecular weight excluding hydrogens is 312 g/mol. The van der Waals surface area contributed by atoms with Gasteiger partial charge in [0.25, 0.3) is 5.91 Å². The third-order valence-corrected chi connectivity index (χ3v) is 3.95. The molecule has 0 bridgehead atoms. The Hall–Kier alpha value is -2.74. The summed E-state index contributed by atoms with van der Waals surface area (Å²) >= 11 is 0. The number of hydrogen-bond acceptors (Lipinski definition) is 6. The summed E-state index contributed by atoms with van der Waals surface area (Å²) < 4.78 is 12.7. The molecule has 1 aromatic heterocycles. The Morgan fingerprint density at radius 3 is 2.79 bits per heavy atom. The monoisotopic (exact) mass is 330 g/mol. The second-order valence-corrected chi connectivity index (χ2v) is 5.72. The zero-order chi connectivity index (χ0) is 17.1. The third kappa shape index (κ3) is 3.43. The van der Waals surface area contributed by atoms with Crippen molar-refractivity contribution in [1.29, 1.82) is 0 Å². The number of hydrogen-bond donors (Lipinski definition) is 1. The molecule has 1 aliphatic rings. The van der Waals surface area contributed by atoms with Crippen LogP contribution in [0.4, 0.5) is 0 Å². The molecule has 8 nitrogen and oxygen atoms in total. The average Bonchev–Trinajstić information content (AvgIpc) is 3.20. The molecule has 0 radical (unpaired) electrons. The molecule has 126 valence electrons. The molecule has 8 heteroatoms. The van der Waals surface area contributed by atoms with E-state index in [4.69, 9.17) is 15.2 Å². The predicted molar refractivity (Wildman–Crippen MR) is 83.0 cm³/mol. The normalized spacial score (nSPS) is 23.1. The molecule has 24 heavy (non-hydrogen) atoms. The van der Waals surface area contributed by atoms with Gasteiger partial charge in [0.05, 0.1) is 11.7 Å². The standard InChI is InChI=1S/C16H18N4O4/c1-10-7-13(20-9-18-15(19-20)14(17)21)24-12(10)8-23-16(22)11-5-3-2-4-6-11/h2-6,9-10,12-13H,7-8H2,1H3,(H2,17,21)/t10-,12+,13+/m0/s1. The molecule has 1 saturated heterocycles. The van der Waals surface area contributed by atoms with Gasteiger partial charge < -0.3 is 15.2 Å². The molecule has 3 atom stereocenters. The van der Waals surface area contributed by atoms with Gasteiger partial charge in [-0.3, -0.25) is 4.79 Å². The lowest BCUT2D eigenvalue weighted by molar-refractivity contribution is -0.0430. The van der Waals surface area contributed by atoms with E-state index in [2.05, 4.69) is 10.1 Å². The van der Waals surface area contributed by atoms with Crippen molar-refractivity contribution in [2.24, 2.45) is 11.7 Å². The van der Waals surface area contributed by atoms with Crippen molar-refractivity contribution in [3.8, 4) is 0 Å². The summed E-state index contributed by atoms with van der Waals surface area (Å²) in [5.41, 5.74) is 5.64. The topological polar surface area (TPSA) is 109 Å². The van der Waals surface area contributed by atoms with Crippen LogP contribution in [0, 0.1) is 5.92 Å². The van der Waals surface area contributed by atoms with Crippen LogP contribution in [-0.4, -0.2) is 39.4 Å². The summed E-state index contributed by atoms with van der Waals surface area (Å²) in [5.74, 6) is -0.954. The summed E-state index contributed by atoms with van der Waals surface area (Å²) in [6, 6.07) is 8.79. The quantitative estimate of drug-likeness (QED) is 0.824. The van der Waals surface area contributed by atoms with Crippen LogP contribution >= 0.6 is 0 Å². The maximum Gasteiger partial charge on any atom is 0.338 e. The van der Waals surface area contributed by atoms with E-state index in [0.29, 0.717) is 12.0 Å². The number of benzene rings is 1. The highest BCUT2D eigenvalue weighted by Gasteiger charge is 2.35. The number of nitrogens with zero attached hydrogens (tertiary/aromatic N) is 3. The number of nitrogens with two attached hydrogens (primary N) is 1. The molecule has 1 fully saturated rings. The van der Waals surface area contributed by atoms with Gasteiger partial charge in [-0.15, -0.1) is 5.10 Å². The van der Waals surface area contributed by atoms with Gasteiger partial charge in [-0.1, -0.05) is 25.1 Å². The van der Waals surface area contributed by atoms with E-state index in [9.17, 15) is 9.59 Å². The van der Waals surface area contributed by atoms with Crippen molar-refractivity contribution in [2.45, 2.75) is 25.7 Å². The van der Waals surface area contributed by atoms with Crippen molar-refractivity contribution in [3.05, 3.63) is 48.0 Å². The van der Waals surface area contributed by atoms with Gasteiger partial charge in [-0.05, 0) is 24.5 Å². The number of carbonyl (C=O) groups excluding carboxylic acids is 2. The van der Waals surface area contributed by atoms with Crippen LogP contribution in [0.1, 0.15) is 40.5 Å². The fourth-order valence-corrected chi connectivity index (χ4v) is 2.58. The summed E-state index contributed by atoms with van der Waals surface area (Å²) in [6.07, 6.45) is 1.48. The SMILES string of the molecule is C[C@H]1C[C@H](n2cnc(C(N)=O)n2)O[C@@H]1COC(=O)c1ccccc1. The molecule has 0 spiro atoms. The highest BCUT2D eigenvalue weighted by molar-refractivity contribution is 5.89. The van der Waals surface area contributed by atoms with Gasteiger partial charge >= 0.3 is 5.97 Å². The first-order valence-corrected chi connectivity index (χ1v) is 7.63. The van der Waals surface area contributed by atoms with Crippen LogP contribution in [0.2, 0.25) is 0 Å². The second-order valence-electron chi connectivity index (χ2n) is 5.72. The van der Waals surface area contributed by atoms with E-state index in [-0.39, 0.29) is 36.7 Å². The summed E-state index contributed by atoms with van der Waals surface area (Å²) in [6.45, 7) is 2.16. The molecule has 2 heterocycles. The van der Waals surface area contributed by atoms with Gasteiger partial charge in [-0.25, -0.2) is 14.5 Å². The van der Waals surface area contributed by atoms with Gasteiger partial charge in [-0.2, -0.15) is 0 Å². The maximum absolute atomic E-state index is 12.0. The van der Waals surface area contributed by atoms with E-state index in [0.717, 1.165) is 0 Å². The molecule has 0 saturated carbocycles. The second kappa shape index (κ2) is 6.79. The van der Waals surface area contributed by atoms with E-state index in [1.165, 1.54) is 11.0 Å². The first kappa shape index (κ1) is 16.1. The van der Waals surface area contributed by atoms with Crippen LogP contribution in [0.3, 0.4) is 0 Å². The van der Waals surface area contributed by atoms with Crippen molar-refractivity contribution < 1.29 is 19.1 Å². The lowest BCUT2D eigenvalue weighted by Gasteiger charge is -2.15. The molecule has 3 rings (SSSR count). The van der Waals surface area contributed by atoms with Crippen LogP contribution in [0.5, 0.6) is 0 Å². The minimum absolute atomic E-state index is 0.0507. The number of primary amides is 1. The summed E-state index contributed by atoms with van der Waals surface area (Å²) in [7, 11) is 0. The summed E-state index contributed by atoms with van der Waals surface area (Å²) in [4.78, 5) is 26.9. The summed E-state index contributed by atoms with van der Waals surface area (Å²) in [5, 5.41) is 4.00. The van der Waals surface area contributed by atoms with Crippen molar-refractivity contribution in [2.75, 3.05) is 6.61 Å². The first-order valence-electron chi connectivity index (χ1n) is 7.63. The number of aromatic nitrogens is 3. The molecule has 1 aromatic carbocycles. The predicted octanol–water partition coefficient (Wildman–Crippen LogP) is 1.16. The van der Waals surface area contributed by atoms with Crippen LogP contribution in [-0.2, 0) is 9.47 Å². The van der Waals surface area contributed by atoms with E-state index >= 15 is 0 Å². The Bertz CT molecular complexity index is 731. The Kier molecular flexibility index (Phi) is 4.57. The number of carbonyl (C=O) groups is 2. The molecule has 0 aliphatic carbocycles. The van der Waals surface area contributed by atoms with E-state index < -0.39 is 5.91 Å². The van der Waals surface area contributed by atoms with Gasteiger partial charge in [0.1, 0.15) is 12.9 Å². The Morgan fingerprint density at radius 1 is 1.38 bits per heavy atom. The molecule has 1 amide bonds. The van der Waals surface area contributed by atoms with Gasteiger partial charge in [0, 0.05) is 0 Å². The lowest BCUT2D eigenvalue weighted by Crippen LogP contribution is -2.23. The highest BCUT2D eigenvalue weighted by Crippen LogP contribution is 2.32. The Labute approximate surface area is 138 Å². The minimum atomic E-state index is -0.687. The molecule has 2 aromatic rings. The number of esters is 1. The molecule has 1 aliphatic heterocycles. The highest BCUT2D eigenvalue weighted by atomic mass is 16.6. The minimum Gasteiger partial charge on any atom is -0.459 e. The third-order valence-electron chi connectivity index (χ3n) is 3.95. The lowest BCUT2D eigenvalue weighted by atomic mass is 10.0. The van der Waals surface area contributed by atoms with Crippen molar-refractivity contribution >= 4 is 11.9 Å². The maximum atomic E-state index is 12.0. The zero-order valence-corrected chi connectivity index (χ0v) is 13.2. The fraction of sp³-hybridized carbons (Fsp3) is 0.375. The molecule has 0 unspecified atom stereocenters. The first-order chi connectivity index (χ1) is 11.5. The largest absolute Gasteiger partial charge is 0.459 e. The van der Waals surface area contributed by atoms with Crippen LogP contribution in [0.25, 0.3) is 0 Å². The van der Waals surface area contributed by atoms with Crippen molar-refractivity contribution in [1.82, 2.24) is 14.8 Å². The van der Waals surface area contributed by atoms with E-state index in [1.807, 2.05) is 13.0 Å². The Morgan fingerprint density at radius 2 is 2.12 bits per heavy atom. The number of rotatable bonds is 5. The molecular formula is C16H18N4O4. The van der Waals surface area contributed by atoms with E-state index in [1.54, 1.807) is 24.3 Å². The zero-order valence-electron chi connectivity index (χ0n) is 13.2. The fourth-order valence-electron chi connectivity index (χ4n) is 2.58. The number of ether oxygens (including phenoxy) is 2. The Balaban J connectivity index is 1.57. The molecule has 2 N–H and O–H groups in total.